The number of aryl methyl sites for hydroxylation is 1. The second-order valence-corrected chi connectivity index (χ2v) is 4.90. The third kappa shape index (κ3) is 3.66. The lowest BCUT2D eigenvalue weighted by Gasteiger charge is -2.02. The molecule has 0 aromatic carbocycles. The summed E-state index contributed by atoms with van der Waals surface area (Å²) in [4.78, 5) is 22.7. The number of nitriles is 1. The first-order chi connectivity index (χ1) is 9.21. The number of rotatable bonds is 4. The van der Waals surface area contributed by atoms with Crippen LogP contribution in [0.15, 0.2) is 39.4 Å². The first-order valence-corrected chi connectivity index (χ1v) is 6.67. The van der Waals surface area contributed by atoms with E-state index in [1.807, 2.05) is 6.92 Å². The van der Waals surface area contributed by atoms with Gasteiger partial charge in [-0.15, -0.1) is 0 Å². The second kappa shape index (κ2) is 6.16. The Kier molecular flexibility index (Phi) is 4.31. The number of nitrogens with zero attached hydrogens (tertiary/aromatic N) is 3. The van der Waals surface area contributed by atoms with E-state index >= 15 is 0 Å². The zero-order valence-electron chi connectivity index (χ0n) is 10.4. The molecule has 0 radical (unpaired) electrons. The summed E-state index contributed by atoms with van der Waals surface area (Å²) in [6.45, 7) is 2.04. The van der Waals surface area contributed by atoms with Gasteiger partial charge in [-0.3, -0.25) is 4.79 Å². The minimum absolute atomic E-state index is 0.169. The van der Waals surface area contributed by atoms with E-state index in [9.17, 15) is 4.79 Å². The Labute approximate surface area is 114 Å². The maximum Gasteiger partial charge on any atom is 0.251 e. The molecule has 2 rings (SSSR count). The maximum atomic E-state index is 11.5. The van der Waals surface area contributed by atoms with Gasteiger partial charge in [0.2, 0.25) is 0 Å². The molecule has 0 spiro atoms. The molecule has 0 atom stereocenters. The van der Waals surface area contributed by atoms with Crippen LogP contribution in [0.4, 0.5) is 0 Å². The Morgan fingerprint density at radius 2 is 2.32 bits per heavy atom. The molecule has 0 amide bonds. The number of pyridine rings is 1. The lowest BCUT2D eigenvalue weighted by Crippen LogP contribution is -2.09. The molecule has 2 aromatic heterocycles. The first-order valence-electron chi connectivity index (χ1n) is 5.85. The molecule has 19 heavy (non-hydrogen) atoms. The van der Waals surface area contributed by atoms with Crippen LogP contribution in [0.25, 0.3) is 0 Å². The molecule has 0 saturated carbocycles. The fourth-order valence-corrected chi connectivity index (χ4v) is 2.36. The van der Waals surface area contributed by atoms with Crippen LogP contribution in [0.3, 0.4) is 0 Å². The normalized spacial score (nSPS) is 10.1. The van der Waals surface area contributed by atoms with Gasteiger partial charge in [0.25, 0.3) is 5.56 Å². The molecule has 1 N–H and O–H groups in total. The summed E-state index contributed by atoms with van der Waals surface area (Å²) in [5.74, 6) is 0. The predicted molar refractivity (Wildman–Crippen MR) is 71.9 cm³/mol. The van der Waals surface area contributed by atoms with Crippen molar-refractivity contribution in [1.29, 1.82) is 5.26 Å². The molecule has 0 saturated heterocycles. The quantitative estimate of drug-likeness (QED) is 0.862. The van der Waals surface area contributed by atoms with E-state index in [1.54, 1.807) is 18.3 Å². The van der Waals surface area contributed by atoms with Gasteiger partial charge >= 0.3 is 0 Å². The lowest BCUT2D eigenvalue weighted by atomic mass is 10.2. The average Bonchev–Trinajstić information content (AvgIpc) is 2.38. The molecule has 6 heteroatoms. The Bertz CT molecular complexity index is 675. The van der Waals surface area contributed by atoms with Crippen molar-refractivity contribution >= 4 is 11.8 Å². The SMILES string of the molecule is CCCc1cc(=O)[nH]c(Sc2cc(C#N)ccn2)n1. The van der Waals surface area contributed by atoms with Crippen LogP contribution in [0.2, 0.25) is 0 Å². The van der Waals surface area contributed by atoms with Crippen molar-refractivity contribution in [2.45, 2.75) is 29.9 Å². The third-order valence-corrected chi connectivity index (χ3v) is 3.16. The summed E-state index contributed by atoms with van der Waals surface area (Å²) >= 11 is 1.24. The van der Waals surface area contributed by atoms with Crippen LogP contribution in [0.1, 0.15) is 24.6 Å². The van der Waals surface area contributed by atoms with Crippen LogP contribution in [-0.2, 0) is 6.42 Å². The number of aromatic amines is 1. The van der Waals surface area contributed by atoms with Crippen molar-refractivity contribution in [3.63, 3.8) is 0 Å². The van der Waals surface area contributed by atoms with E-state index in [-0.39, 0.29) is 5.56 Å². The van der Waals surface area contributed by atoms with Crippen LogP contribution in [-0.4, -0.2) is 15.0 Å². The number of hydrogen-bond acceptors (Lipinski definition) is 5. The molecule has 96 valence electrons. The Morgan fingerprint density at radius 3 is 3.05 bits per heavy atom. The van der Waals surface area contributed by atoms with Crippen molar-refractivity contribution in [1.82, 2.24) is 15.0 Å². The zero-order chi connectivity index (χ0) is 13.7. The van der Waals surface area contributed by atoms with E-state index in [0.29, 0.717) is 15.7 Å². The number of aromatic nitrogens is 3. The van der Waals surface area contributed by atoms with Crippen LogP contribution in [0.5, 0.6) is 0 Å². The van der Waals surface area contributed by atoms with E-state index < -0.39 is 0 Å². The standard InChI is InChI=1S/C13H12N4OS/c1-2-3-10-7-11(18)17-13(16-10)19-12-6-9(8-14)4-5-15-12/h4-7H,2-3H2,1H3,(H,16,17,18). The van der Waals surface area contributed by atoms with E-state index in [1.165, 1.54) is 17.8 Å². The van der Waals surface area contributed by atoms with Crippen LogP contribution in [0, 0.1) is 11.3 Å². The van der Waals surface area contributed by atoms with Gasteiger partial charge in [0.1, 0.15) is 5.03 Å². The van der Waals surface area contributed by atoms with Crippen molar-refractivity contribution in [2.75, 3.05) is 0 Å². The third-order valence-electron chi connectivity index (χ3n) is 2.34. The van der Waals surface area contributed by atoms with Crippen molar-refractivity contribution in [3.8, 4) is 6.07 Å². The number of hydrogen-bond donors (Lipinski definition) is 1. The Balaban J connectivity index is 2.27. The summed E-state index contributed by atoms with van der Waals surface area (Å²) in [6, 6.07) is 6.85. The van der Waals surface area contributed by atoms with Gasteiger partial charge in [-0.05, 0) is 30.3 Å². The highest BCUT2D eigenvalue weighted by Crippen LogP contribution is 2.22. The highest BCUT2D eigenvalue weighted by atomic mass is 32.2. The molecule has 0 aliphatic carbocycles. The van der Waals surface area contributed by atoms with E-state index in [0.717, 1.165) is 18.5 Å². The molecule has 0 aliphatic heterocycles. The number of H-pyrrole nitrogens is 1. The summed E-state index contributed by atoms with van der Waals surface area (Å²) in [5.41, 5.74) is 1.13. The Hall–Kier alpha value is -2.13. The molecule has 0 bridgehead atoms. The van der Waals surface area contributed by atoms with Crippen LogP contribution < -0.4 is 5.56 Å². The molecular formula is C13H12N4OS. The largest absolute Gasteiger partial charge is 0.301 e. The number of nitrogens with one attached hydrogen (secondary N) is 1. The van der Waals surface area contributed by atoms with Gasteiger partial charge in [-0.25, -0.2) is 9.97 Å². The highest BCUT2D eigenvalue weighted by molar-refractivity contribution is 7.99. The first kappa shape index (κ1) is 13.3. The average molecular weight is 272 g/mol. The van der Waals surface area contributed by atoms with Gasteiger partial charge in [0.15, 0.2) is 5.16 Å². The smallest absolute Gasteiger partial charge is 0.251 e. The fourth-order valence-electron chi connectivity index (χ4n) is 1.55. The monoisotopic (exact) mass is 272 g/mol. The topological polar surface area (TPSA) is 82.4 Å². The van der Waals surface area contributed by atoms with Gasteiger partial charge in [-0.1, -0.05) is 13.3 Å². The van der Waals surface area contributed by atoms with Gasteiger partial charge in [-0.2, -0.15) is 5.26 Å². The molecule has 5 nitrogen and oxygen atoms in total. The van der Waals surface area contributed by atoms with Gasteiger partial charge in [0, 0.05) is 18.0 Å². The molecule has 2 heterocycles. The molecule has 0 unspecified atom stereocenters. The second-order valence-electron chi connectivity index (χ2n) is 3.89. The highest BCUT2D eigenvalue weighted by Gasteiger charge is 2.05. The van der Waals surface area contributed by atoms with Crippen molar-refractivity contribution in [3.05, 3.63) is 46.0 Å². The predicted octanol–water partition coefficient (Wildman–Crippen LogP) is 2.14. The summed E-state index contributed by atoms with van der Waals surface area (Å²) < 4.78 is 0. The van der Waals surface area contributed by atoms with E-state index in [4.69, 9.17) is 5.26 Å². The van der Waals surface area contributed by atoms with Gasteiger partial charge in [0.05, 0.1) is 11.6 Å². The van der Waals surface area contributed by atoms with E-state index in [2.05, 4.69) is 21.0 Å². The van der Waals surface area contributed by atoms with Crippen molar-refractivity contribution in [2.24, 2.45) is 0 Å². The minimum Gasteiger partial charge on any atom is -0.301 e. The summed E-state index contributed by atoms with van der Waals surface area (Å²) in [5, 5.41) is 9.96. The molecule has 0 fully saturated rings. The molecule has 2 aromatic rings. The van der Waals surface area contributed by atoms with Crippen molar-refractivity contribution < 1.29 is 0 Å². The minimum atomic E-state index is -0.169. The maximum absolute atomic E-state index is 11.5. The molecule has 0 aliphatic rings. The summed E-state index contributed by atoms with van der Waals surface area (Å²) in [7, 11) is 0. The lowest BCUT2D eigenvalue weighted by molar-refractivity contribution is 0.815. The van der Waals surface area contributed by atoms with Gasteiger partial charge < -0.3 is 4.98 Å². The zero-order valence-corrected chi connectivity index (χ0v) is 11.2. The molecular weight excluding hydrogens is 260 g/mol. The van der Waals surface area contributed by atoms with Crippen LogP contribution >= 0.6 is 11.8 Å². The fraction of sp³-hybridized carbons (Fsp3) is 0.231. The summed E-state index contributed by atoms with van der Waals surface area (Å²) in [6.07, 6.45) is 3.26. The Morgan fingerprint density at radius 1 is 1.47 bits per heavy atom.